The van der Waals surface area contributed by atoms with Crippen molar-refractivity contribution in [2.45, 2.75) is 6.42 Å². The van der Waals surface area contributed by atoms with Gasteiger partial charge in [-0.05, 0) is 12.1 Å². The standard InChI is InChI=1S/C9H7ClN2O3S/c10-6-2-1-5(16-6)3-4-12-8(14)7(13)11-9(12)15/h1-2H,3-4H2,(H,11,13,15). The monoisotopic (exact) mass is 258 g/mol. The maximum Gasteiger partial charge on any atom is 0.331 e. The van der Waals surface area contributed by atoms with Crippen molar-refractivity contribution in [2.75, 3.05) is 6.54 Å². The Morgan fingerprint density at radius 3 is 2.56 bits per heavy atom. The minimum absolute atomic E-state index is 0.188. The summed E-state index contributed by atoms with van der Waals surface area (Å²) >= 11 is 7.13. The lowest BCUT2D eigenvalue weighted by atomic mass is 10.3. The van der Waals surface area contributed by atoms with Gasteiger partial charge in [0.1, 0.15) is 0 Å². The summed E-state index contributed by atoms with van der Waals surface area (Å²) in [6.45, 7) is 0.188. The normalized spacial score (nSPS) is 15.8. The van der Waals surface area contributed by atoms with Gasteiger partial charge in [0.05, 0.1) is 4.34 Å². The second-order valence-electron chi connectivity index (χ2n) is 3.17. The molecule has 0 atom stereocenters. The highest BCUT2D eigenvalue weighted by Crippen LogP contribution is 2.22. The third-order valence-corrected chi connectivity index (χ3v) is 3.41. The molecule has 1 fully saturated rings. The number of hydrogen-bond donors (Lipinski definition) is 1. The van der Waals surface area contributed by atoms with Gasteiger partial charge >= 0.3 is 17.8 Å². The molecule has 1 N–H and O–H groups in total. The first-order valence-electron chi connectivity index (χ1n) is 4.49. The number of carbonyl (C=O) groups excluding carboxylic acids is 3. The summed E-state index contributed by atoms with van der Waals surface area (Å²) in [5, 5.41) is 1.93. The van der Waals surface area contributed by atoms with Gasteiger partial charge in [0.15, 0.2) is 0 Å². The number of hydrogen-bond acceptors (Lipinski definition) is 4. The van der Waals surface area contributed by atoms with Crippen LogP contribution < -0.4 is 5.32 Å². The molecular weight excluding hydrogens is 252 g/mol. The fourth-order valence-electron chi connectivity index (χ4n) is 1.34. The minimum Gasteiger partial charge on any atom is -0.269 e. The molecule has 0 unspecified atom stereocenters. The average Bonchev–Trinajstić information content (AvgIpc) is 2.72. The molecule has 2 heterocycles. The van der Waals surface area contributed by atoms with Gasteiger partial charge in [0.25, 0.3) is 0 Å². The van der Waals surface area contributed by atoms with Gasteiger partial charge in [-0.2, -0.15) is 0 Å². The number of carbonyl (C=O) groups is 3. The molecule has 84 valence electrons. The fourth-order valence-corrected chi connectivity index (χ4v) is 2.42. The Morgan fingerprint density at radius 1 is 1.31 bits per heavy atom. The molecule has 1 aliphatic rings. The van der Waals surface area contributed by atoms with Crippen molar-refractivity contribution in [3.63, 3.8) is 0 Å². The van der Waals surface area contributed by atoms with Crippen LogP contribution in [0.3, 0.4) is 0 Å². The van der Waals surface area contributed by atoms with Crippen LogP contribution in [0.15, 0.2) is 12.1 Å². The molecule has 0 aromatic carbocycles. The maximum absolute atomic E-state index is 11.2. The van der Waals surface area contributed by atoms with E-state index in [0.29, 0.717) is 10.8 Å². The number of imide groups is 2. The van der Waals surface area contributed by atoms with Crippen LogP contribution in [-0.2, 0) is 16.0 Å². The van der Waals surface area contributed by atoms with E-state index in [1.807, 2.05) is 11.4 Å². The molecule has 0 aliphatic carbocycles. The van der Waals surface area contributed by atoms with E-state index in [-0.39, 0.29) is 6.54 Å². The van der Waals surface area contributed by atoms with Crippen LogP contribution in [0.25, 0.3) is 0 Å². The molecule has 5 nitrogen and oxygen atoms in total. The molecule has 4 amide bonds. The molecule has 1 aliphatic heterocycles. The van der Waals surface area contributed by atoms with Crippen LogP contribution >= 0.6 is 22.9 Å². The van der Waals surface area contributed by atoms with Gasteiger partial charge in [-0.3, -0.25) is 19.8 Å². The molecule has 1 aromatic rings. The summed E-state index contributed by atoms with van der Waals surface area (Å²) in [5.74, 6) is -1.66. The Kier molecular flexibility index (Phi) is 2.93. The van der Waals surface area contributed by atoms with Gasteiger partial charge in [0.2, 0.25) is 0 Å². The molecular formula is C9H7ClN2O3S. The molecule has 0 saturated carbocycles. The molecule has 16 heavy (non-hydrogen) atoms. The smallest absolute Gasteiger partial charge is 0.269 e. The van der Waals surface area contributed by atoms with Crippen molar-refractivity contribution in [1.82, 2.24) is 10.2 Å². The molecule has 7 heteroatoms. The Morgan fingerprint density at radius 2 is 2.06 bits per heavy atom. The summed E-state index contributed by atoms with van der Waals surface area (Å²) in [6.07, 6.45) is 0.504. The molecule has 0 spiro atoms. The lowest BCUT2D eigenvalue weighted by molar-refractivity contribution is -0.140. The SMILES string of the molecule is O=C1NC(=O)N(CCc2ccc(Cl)s2)C1=O. The summed E-state index contributed by atoms with van der Waals surface area (Å²) < 4.78 is 0.656. The van der Waals surface area contributed by atoms with E-state index in [1.165, 1.54) is 11.3 Å². The topological polar surface area (TPSA) is 66.5 Å². The highest BCUT2D eigenvalue weighted by molar-refractivity contribution is 7.16. The number of halogens is 1. The van der Waals surface area contributed by atoms with E-state index >= 15 is 0 Å². The fraction of sp³-hybridized carbons (Fsp3) is 0.222. The first-order chi connectivity index (χ1) is 7.58. The lowest BCUT2D eigenvalue weighted by Crippen LogP contribution is -2.32. The van der Waals surface area contributed by atoms with Crippen molar-refractivity contribution in [3.8, 4) is 0 Å². The van der Waals surface area contributed by atoms with Crippen LogP contribution in [-0.4, -0.2) is 29.3 Å². The van der Waals surface area contributed by atoms with Crippen LogP contribution in [0.2, 0.25) is 4.34 Å². The average molecular weight is 259 g/mol. The summed E-state index contributed by atoms with van der Waals surface area (Å²) in [6, 6.07) is 2.92. The first-order valence-corrected chi connectivity index (χ1v) is 5.68. The zero-order chi connectivity index (χ0) is 11.7. The lowest BCUT2D eigenvalue weighted by Gasteiger charge is -2.09. The third-order valence-electron chi connectivity index (χ3n) is 2.12. The Balaban J connectivity index is 1.98. The van der Waals surface area contributed by atoms with E-state index in [9.17, 15) is 14.4 Å². The number of thiophene rings is 1. The van der Waals surface area contributed by atoms with Crippen molar-refractivity contribution in [2.24, 2.45) is 0 Å². The van der Waals surface area contributed by atoms with E-state index in [4.69, 9.17) is 11.6 Å². The van der Waals surface area contributed by atoms with Crippen LogP contribution in [0.1, 0.15) is 4.88 Å². The summed E-state index contributed by atoms with van der Waals surface area (Å²) in [4.78, 5) is 35.1. The molecule has 1 saturated heterocycles. The highest BCUT2D eigenvalue weighted by Gasteiger charge is 2.36. The van der Waals surface area contributed by atoms with E-state index in [1.54, 1.807) is 6.07 Å². The van der Waals surface area contributed by atoms with Crippen LogP contribution in [0.4, 0.5) is 4.79 Å². The molecule has 2 rings (SSSR count). The number of nitrogens with zero attached hydrogens (tertiary/aromatic N) is 1. The number of nitrogens with one attached hydrogen (secondary N) is 1. The van der Waals surface area contributed by atoms with Crippen LogP contribution in [0, 0.1) is 0 Å². The second-order valence-corrected chi connectivity index (χ2v) is 4.97. The van der Waals surface area contributed by atoms with E-state index in [2.05, 4.69) is 0 Å². The summed E-state index contributed by atoms with van der Waals surface area (Å²) in [5.41, 5.74) is 0. The van der Waals surface area contributed by atoms with Crippen molar-refractivity contribution in [3.05, 3.63) is 21.3 Å². The minimum atomic E-state index is -0.866. The third kappa shape index (κ3) is 2.07. The molecule has 0 radical (unpaired) electrons. The Bertz CT molecular complexity index is 471. The van der Waals surface area contributed by atoms with Gasteiger partial charge in [0, 0.05) is 17.8 Å². The molecule has 0 bridgehead atoms. The van der Waals surface area contributed by atoms with E-state index in [0.717, 1.165) is 9.78 Å². The van der Waals surface area contributed by atoms with E-state index < -0.39 is 17.8 Å². The van der Waals surface area contributed by atoms with Gasteiger partial charge in [-0.15, -0.1) is 11.3 Å². The second kappa shape index (κ2) is 4.23. The van der Waals surface area contributed by atoms with Crippen molar-refractivity contribution >= 4 is 40.8 Å². The Labute approximate surface area is 100.0 Å². The number of urea groups is 1. The zero-order valence-electron chi connectivity index (χ0n) is 8.03. The first kappa shape index (κ1) is 11.1. The predicted octanol–water partition coefficient (Wildman–Crippen LogP) is 1.02. The maximum atomic E-state index is 11.2. The largest absolute Gasteiger partial charge is 0.331 e. The highest BCUT2D eigenvalue weighted by atomic mass is 35.5. The number of amides is 4. The van der Waals surface area contributed by atoms with Gasteiger partial charge in [-0.25, -0.2) is 4.79 Å². The van der Waals surface area contributed by atoms with Gasteiger partial charge in [-0.1, -0.05) is 11.6 Å². The van der Waals surface area contributed by atoms with Gasteiger partial charge < -0.3 is 0 Å². The van der Waals surface area contributed by atoms with Crippen molar-refractivity contribution in [1.29, 1.82) is 0 Å². The van der Waals surface area contributed by atoms with Crippen LogP contribution in [0.5, 0.6) is 0 Å². The predicted molar refractivity (Wildman–Crippen MR) is 58.3 cm³/mol. The molecule has 1 aromatic heterocycles. The zero-order valence-corrected chi connectivity index (χ0v) is 9.60. The quantitative estimate of drug-likeness (QED) is 0.650. The summed E-state index contributed by atoms with van der Waals surface area (Å²) in [7, 11) is 0. The Hall–Kier alpha value is -1.40. The number of rotatable bonds is 3. The van der Waals surface area contributed by atoms with Crippen molar-refractivity contribution < 1.29 is 14.4 Å².